The molecule has 0 saturated carbocycles. The maximum absolute atomic E-state index is 13.5. The van der Waals surface area contributed by atoms with Gasteiger partial charge in [-0.25, -0.2) is 13.2 Å². The second kappa shape index (κ2) is 7.70. The first kappa shape index (κ1) is 23.4. The molecule has 168 valence electrons. The van der Waals surface area contributed by atoms with Crippen molar-refractivity contribution in [1.29, 1.82) is 0 Å². The van der Waals surface area contributed by atoms with Gasteiger partial charge in [0.05, 0.1) is 34.4 Å². The highest BCUT2D eigenvalue weighted by Crippen LogP contribution is 2.44. The van der Waals surface area contributed by atoms with E-state index in [0.717, 1.165) is 27.4 Å². The Bertz CT molecular complexity index is 1130. The Hall–Kier alpha value is -2.27. The Morgan fingerprint density at radius 3 is 2.29 bits per heavy atom. The van der Waals surface area contributed by atoms with E-state index in [1.807, 2.05) is 0 Å². The van der Waals surface area contributed by atoms with Crippen LogP contribution in [-0.2, 0) is 16.2 Å². The van der Waals surface area contributed by atoms with E-state index in [1.165, 1.54) is 12.1 Å². The summed E-state index contributed by atoms with van der Waals surface area (Å²) in [7, 11) is -4.42. The molecule has 0 spiro atoms. The van der Waals surface area contributed by atoms with Gasteiger partial charge in [-0.3, -0.25) is 9.21 Å². The van der Waals surface area contributed by atoms with Gasteiger partial charge in [-0.15, -0.1) is 0 Å². The van der Waals surface area contributed by atoms with E-state index in [0.29, 0.717) is 10.5 Å². The largest absolute Gasteiger partial charge is 0.465 e. The number of halogens is 4. The zero-order valence-corrected chi connectivity index (χ0v) is 19.2. The molecule has 2 aromatic rings. The Morgan fingerprint density at radius 1 is 1.10 bits per heavy atom. The summed E-state index contributed by atoms with van der Waals surface area (Å²) in [5.41, 5.74) is -1.54. The SMILES string of the molecule is CC(C)(C)C1CN(S(=O)(=O)c2cccc(C(F)(F)F)c2)c2cc(Br)ccc2N1C(=O)O. The second-order valence-electron chi connectivity index (χ2n) is 8.23. The number of fused-ring (bicyclic) bond motifs is 1. The summed E-state index contributed by atoms with van der Waals surface area (Å²) in [4.78, 5) is 12.6. The maximum atomic E-state index is 13.5. The standard InChI is InChI=1S/C20H20BrF3N2O4S/c1-19(2,3)17-11-25(16-10-13(21)7-8-15(16)26(17)18(27)28)31(29,30)14-6-4-5-12(9-14)20(22,23)24/h4-10,17H,11H2,1-3H3,(H,27,28). The molecule has 0 bridgehead atoms. The van der Waals surface area contributed by atoms with Gasteiger partial charge in [-0.05, 0) is 41.8 Å². The fourth-order valence-corrected chi connectivity index (χ4v) is 5.36. The third-order valence-electron chi connectivity index (χ3n) is 5.07. The quantitative estimate of drug-likeness (QED) is 0.560. The highest BCUT2D eigenvalue weighted by Gasteiger charge is 2.45. The van der Waals surface area contributed by atoms with E-state index in [2.05, 4.69) is 15.9 Å². The highest BCUT2D eigenvalue weighted by molar-refractivity contribution is 9.10. The van der Waals surface area contributed by atoms with Crippen LogP contribution in [0.2, 0.25) is 0 Å². The molecule has 31 heavy (non-hydrogen) atoms. The van der Waals surface area contributed by atoms with Crippen LogP contribution in [-0.4, -0.2) is 32.2 Å². The van der Waals surface area contributed by atoms with Crippen LogP contribution in [0.3, 0.4) is 0 Å². The van der Waals surface area contributed by atoms with Crippen molar-refractivity contribution in [2.45, 2.75) is 37.9 Å². The van der Waals surface area contributed by atoms with E-state index in [9.17, 15) is 31.5 Å². The Balaban J connectivity index is 2.24. The van der Waals surface area contributed by atoms with E-state index >= 15 is 0 Å². The van der Waals surface area contributed by atoms with Gasteiger partial charge in [0.2, 0.25) is 0 Å². The summed E-state index contributed by atoms with van der Waals surface area (Å²) >= 11 is 3.25. The van der Waals surface area contributed by atoms with Crippen molar-refractivity contribution in [3.05, 3.63) is 52.5 Å². The lowest BCUT2D eigenvalue weighted by atomic mass is 9.84. The molecule has 0 aromatic heterocycles. The highest BCUT2D eigenvalue weighted by atomic mass is 79.9. The molecular weight excluding hydrogens is 501 g/mol. The summed E-state index contributed by atoms with van der Waals surface area (Å²) in [5, 5.41) is 9.84. The molecule has 0 radical (unpaired) electrons. The number of amides is 1. The van der Waals surface area contributed by atoms with Crippen molar-refractivity contribution >= 4 is 43.4 Å². The summed E-state index contributed by atoms with van der Waals surface area (Å²) in [5.74, 6) is 0. The van der Waals surface area contributed by atoms with Crippen molar-refractivity contribution in [2.24, 2.45) is 5.41 Å². The lowest BCUT2D eigenvalue weighted by Gasteiger charge is -2.46. The van der Waals surface area contributed by atoms with E-state index in [-0.39, 0.29) is 17.9 Å². The number of hydrogen-bond acceptors (Lipinski definition) is 3. The summed E-state index contributed by atoms with van der Waals surface area (Å²) < 4.78 is 67.9. The predicted octanol–water partition coefficient (Wildman–Crippen LogP) is 5.58. The van der Waals surface area contributed by atoms with Crippen molar-refractivity contribution in [3.63, 3.8) is 0 Å². The minimum Gasteiger partial charge on any atom is -0.465 e. The van der Waals surface area contributed by atoms with Crippen molar-refractivity contribution in [1.82, 2.24) is 0 Å². The fraction of sp³-hybridized carbons (Fsp3) is 0.350. The van der Waals surface area contributed by atoms with Crippen molar-refractivity contribution in [3.8, 4) is 0 Å². The first-order valence-electron chi connectivity index (χ1n) is 9.16. The molecule has 1 aliphatic heterocycles. The van der Waals surface area contributed by atoms with Crippen LogP contribution in [0.25, 0.3) is 0 Å². The van der Waals surface area contributed by atoms with Crippen LogP contribution >= 0.6 is 15.9 Å². The molecule has 11 heteroatoms. The number of anilines is 2. The van der Waals surface area contributed by atoms with Gasteiger partial charge >= 0.3 is 12.3 Å². The van der Waals surface area contributed by atoms with Crippen LogP contribution in [0.15, 0.2) is 51.8 Å². The van der Waals surface area contributed by atoms with E-state index < -0.39 is 44.2 Å². The molecule has 1 heterocycles. The van der Waals surface area contributed by atoms with Crippen LogP contribution < -0.4 is 9.21 Å². The molecular formula is C20H20BrF3N2O4S. The number of hydrogen-bond donors (Lipinski definition) is 1. The zero-order chi connectivity index (χ0) is 23.4. The molecule has 6 nitrogen and oxygen atoms in total. The Kier molecular flexibility index (Phi) is 5.81. The molecule has 0 aliphatic carbocycles. The number of sulfonamides is 1. The number of carboxylic acid groups (broad SMARTS) is 1. The van der Waals surface area contributed by atoms with Gasteiger partial charge in [0.15, 0.2) is 0 Å². The number of carbonyl (C=O) groups is 1. The first-order valence-corrected chi connectivity index (χ1v) is 11.4. The number of nitrogens with zero attached hydrogens (tertiary/aromatic N) is 2. The molecule has 0 saturated heterocycles. The molecule has 3 rings (SSSR count). The number of benzene rings is 2. The van der Waals surface area contributed by atoms with E-state index in [4.69, 9.17) is 0 Å². The Morgan fingerprint density at radius 2 is 1.74 bits per heavy atom. The van der Waals surface area contributed by atoms with Gasteiger partial charge in [-0.2, -0.15) is 13.2 Å². The van der Waals surface area contributed by atoms with Gasteiger partial charge in [0.25, 0.3) is 10.0 Å². The number of rotatable bonds is 2. The zero-order valence-electron chi connectivity index (χ0n) is 16.8. The average molecular weight is 521 g/mol. The predicted molar refractivity (Wildman–Crippen MR) is 114 cm³/mol. The third kappa shape index (κ3) is 4.38. The van der Waals surface area contributed by atoms with Crippen LogP contribution in [0.5, 0.6) is 0 Å². The van der Waals surface area contributed by atoms with Crippen molar-refractivity contribution < 1.29 is 31.5 Å². The topological polar surface area (TPSA) is 77.9 Å². The summed E-state index contributed by atoms with van der Waals surface area (Å²) in [6.45, 7) is 5.06. The molecule has 1 atom stereocenters. The third-order valence-corrected chi connectivity index (χ3v) is 7.34. The molecule has 1 amide bonds. The normalized spacial score (nSPS) is 17.5. The molecule has 1 aliphatic rings. The van der Waals surface area contributed by atoms with Crippen LogP contribution in [0.4, 0.5) is 29.3 Å². The molecule has 1 N–H and O–H groups in total. The van der Waals surface area contributed by atoms with Gasteiger partial charge in [-0.1, -0.05) is 42.8 Å². The minimum atomic E-state index is -4.71. The Labute approximate surface area is 186 Å². The number of alkyl halides is 3. The average Bonchev–Trinajstić information content (AvgIpc) is 2.64. The maximum Gasteiger partial charge on any atom is 0.416 e. The lowest BCUT2D eigenvalue weighted by molar-refractivity contribution is -0.137. The first-order chi connectivity index (χ1) is 14.1. The summed E-state index contributed by atoms with van der Waals surface area (Å²) in [6, 6.07) is 7.22. The van der Waals surface area contributed by atoms with Gasteiger partial charge in [0, 0.05) is 4.47 Å². The minimum absolute atomic E-state index is 0.0645. The van der Waals surface area contributed by atoms with Crippen LogP contribution in [0.1, 0.15) is 26.3 Å². The monoisotopic (exact) mass is 520 g/mol. The molecule has 0 fully saturated rings. The van der Waals surface area contributed by atoms with Crippen molar-refractivity contribution in [2.75, 3.05) is 15.7 Å². The summed E-state index contributed by atoms with van der Waals surface area (Å²) in [6.07, 6.45) is -5.96. The smallest absolute Gasteiger partial charge is 0.416 e. The fourth-order valence-electron chi connectivity index (χ4n) is 3.49. The molecule has 1 unspecified atom stereocenters. The molecule has 2 aromatic carbocycles. The second-order valence-corrected chi connectivity index (χ2v) is 11.0. The lowest BCUT2D eigenvalue weighted by Crippen LogP contribution is -2.57. The van der Waals surface area contributed by atoms with E-state index in [1.54, 1.807) is 26.8 Å². The van der Waals surface area contributed by atoms with Gasteiger partial charge in [0.1, 0.15) is 0 Å². The van der Waals surface area contributed by atoms with Gasteiger partial charge < -0.3 is 5.11 Å². The van der Waals surface area contributed by atoms with Crippen LogP contribution in [0, 0.1) is 5.41 Å².